The van der Waals surface area contributed by atoms with Gasteiger partial charge < -0.3 is 0 Å². The van der Waals surface area contributed by atoms with Gasteiger partial charge in [0.15, 0.2) is 0 Å². The first kappa shape index (κ1) is 17.6. The molecule has 122 valence electrons. The molecule has 0 aliphatic rings. The van der Waals surface area contributed by atoms with Crippen molar-refractivity contribution in [3.63, 3.8) is 0 Å². The Bertz CT molecular complexity index is 852. The molecule has 0 amide bonds. The smallest absolute Gasteiger partial charge is 0.258 e. The third-order valence-corrected chi connectivity index (χ3v) is 5.65. The van der Waals surface area contributed by atoms with Gasteiger partial charge in [-0.25, -0.2) is 13.1 Å². The van der Waals surface area contributed by atoms with E-state index in [1.54, 1.807) is 19.9 Å². The molecule has 1 N–H and O–H groups in total. The highest BCUT2D eigenvalue weighted by Gasteiger charge is 2.22. The Hall–Kier alpha value is -1.77. The summed E-state index contributed by atoms with van der Waals surface area (Å²) in [7, 11) is -3.87. The van der Waals surface area contributed by atoms with Crippen molar-refractivity contribution in [1.29, 1.82) is 0 Å². The van der Waals surface area contributed by atoms with Crippen molar-refractivity contribution in [3.8, 4) is 0 Å². The van der Waals surface area contributed by atoms with Crippen LogP contribution in [0.3, 0.4) is 0 Å². The number of sulfonamides is 1. The van der Waals surface area contributed by atoms with Crippen molar-refractivity contribution in [1.82, 2.24) is 4.72 Å². The molecule has 0 fully saturated rings. The number of aryl methyl sites for hydroxylation is 1. The summed E-state index contributed by atoms with van der Waals surface area (Å²) in [5.74, 6) is 0. The molecular weight excluding hydrogens is 384 g/mol. The summed E-state index contributed by atoms with van der Waals surface area (Å²) in [5.41, 5.74) is 0.965. The summed E-state index contributed by atoms with van der Waals surface area (Å²) < 4.78 is 28.2. The van der Waals surface area contributed by atoms with E-state index in [2.05, 4.69) is 20.7 Å². The van der Waals surface area contributed by atoms with Gasteiger partial charge in [-0.2, -0.15) is 0 Å². The number of hydrogen-bond acceptors (Lipinski definition) is 4. The van der Waals surface area contributed by atoms with Crippen LogP contribution in [0.4, 0.5) is 5.69 Å². The van der Waals surface area contributed by atoms with Gasteiger partial charge in [0.05, 0.1) is 9.82 Å². The maximum absolute atomic E-state index is 12.5. The van der Waals surface area contributed by atoms with E-state index in [4.69, 9.17) is 0 Å². The third-order valence-electron chi connectivity index (χ3n) is 3.39. The van der Waals surface area contributed by atoms with Gasteiger partial charge in [-0.1, -0.05) is 40.2 Å². The fourth-order valence-corrected chi connectivity index (χ4v) is 4.01. The Morgan fingerprint density at radius 3 is 2.48 bits per heavy atom. The molecule has 0 aliphatic heterocycles. The quantitative estimate of drug-likeness (QED) is 0.613. The molecule has 6 nitrogen and oxygen atoms in total. The lowest BCUT2D eigenvalue weighted by atomic mass is 10.1. The zero-order valence-electron chi connectivity index (χ0n) is 12.5. The van der Waals surface area contributed by atoms with E-state index in [1.165, 1.54) is 12.1 Å². The van der Waals surface area contributed by atoms with Gasteiger partial charge in [-0.3, -0.25) is 10.1 Å². The van der Waals surface area contributed by atoms with Crippen LogP contribution in [0.25, 0.3) is 0 Å². The molecule has 0 aliphatic carbocycles. The highest BCUT2D eigenvalue weighted by Crippen LogP contribution is 2.26. The summed E-state index contributed by atoms with van der Waals surface area (Å²) >= 11 is 3.38. The van der Waals surface area contributed by atoms with Crippen molar-refractivity contribution < 1.29 is 13.3 Å². The topological polar surface area (TPSA) is 89.3 Å². The lowest BCUT2D eigenvalue weighted by molar-refractivity contribution is -0.385. The molecule has 0 spiro atoms. The first-order chi connectivity index (χ1) is 10.7. The van der Waals surface area contributed by atoms with Crippen LogP contribution in [0.5, 0.6) is 0 Å². The standard InChI is InChI=1S/C15H15BrN2O4S/c1-10-7-8-12(9-15(10)18(19)20)23(21,22)17-11(2)13-5-3-4-6-14(13)16/h3-9,11,17H,1-2H3/t11-/m1/s1. The van der Waals surface area contributed by atoms with Crippen LogP contribution in [-0.4, -0.2) is 13.3 Å². The fraction of sp³-hybridized carbons (Fsp3) is 0.200. The van der Waals surface area contributed by atoms with Gasteiger partial charge in [0.2, 0.25) is 10.0 Å². The van der Waals surface area contributed by atoms with Gasteiger partial charge in [-0.05, 0) is 31.5 Å². The number of halogens is 1. The second-order valence-corrected chi connectivity index (χ2v) is 7.64. The molecular formula is C15H15BrN2O4S. The Morgan fingerprint density at radius 1 is 1.22 bits per heavy atom. The number of nitrogens with one attached hydrogen (secondary N) is 1. The lowest BCUT2D eigenvalue weighted by Gasteiger charge is -2.16. The lowest BCUT2D eigenvalue weighted by Crippen LogP contribution is -2.27. The van der Waals surface area contributed by atoms with Crippen LogP contribution in [0.1, 0.15) is 24.1 Å². The molecule has 8 heteroatoms. The molecule has 0 radical (unpaired) electrons. The van der Waals surface area contributed by atoms with Crippen LogP contribution in [-0.2, 0) is 10.0 Å². The number of nitro benzene ring substituents is 1. The van der Waals surface area contributed by atoms with E-state index in [-0.39, 0.29) is 10.6 Å². The largest absolute Gasteiger partial charge is 0.273 e. The van der Waals surface area contributed by atoms with Crippen LogP contribution in [0.15, 0.2) is 51.8 Å². The number of nitrogens with zero attached hydrogens (tertiary/aromatic N) is 1. The van der Waals surface area contributed by atoms with E-state index in [0.717, 1.165) is 16.1 Å². The number of rotatable bonds is 5. The number of hydrogen-bond donors (Lipinski definition) is 1. The maximum Gasteiger partial charge on any atom is 0.273 e. The van der Waals surface area contributed by atoms with Gasteiger partial charge in [0.1, 0.15) is 0 Å². The van der Waals surface area contributed by atoms with Crippen molar-refractivity contribution in [2.24, 2.45) is 0 Å². The van der Waals surface area contributed by atoms with E-state index < -0.39 is 21.0 Å². The fourth-order valence-electron chi connectivity index (χ4n) is 2.14. The summed E-state index contributed by atoms with van der Waals surface area (Å²) in [6.45, 7) is 3.27. The minimum absolute atomic E-state index is 0.131. The van der Waals surface area contributed by atoms with E-state index >= 15 is 0 Å². The van der Waals surface area contributed by atoms with Crippen LogP contribution < -0.4 is 4.72 Å². The predicted octanol–water partition coefficient (Wildman–Crippen LogP) is 3.71. The van der Waals surface area contributed by atoms with Crippen molar-refractivity contribution in [3.05, 3.63) is 68.2 Å². The summed E-state index contributed by atoms with van der Waals surface area (Å²) in [4.78, 5) is 10.3. The Morgan fingerprint density at radius 2 is 1.87 bits per heavy atom. The van der Waals surface area contributed by atoms with Gasteiger partial charge in [0, 0.05) is 22.1 Å². The molecule has 0 heterocycles. The molecule has 0 bridgehead atoms. The Labute approximate surface area is 142 Å². The molecule has 0 aromatic heterocycles. The minimum atomic E-state index is -3.87. The van der Waals surface area contributed by atoms with Crippen molar-refractivity contribution >= 4 is 31.6 Å². The van der Waals surface area contributed by atoms with Crippen LogP contribution in [0.2, 0.25) is 0 Å². The molecule has 0 unspecified atom stereocenters. The number of nitro groups is 1. The molecule has 23 heavy (non-hydrogen) atoms. The van der Waals surface area contributed by atoms with Gasteiger partial charge in [0.25, 0.3) is 5.69 Å². The molecule has 0 saturated heterocycles. The highest BCUT2D eigenvalue weighted by atomic mass is 79.9. The first-order valence-electron chi connectivity index (χ1n) is 6.74. The molecule has 2 aromatic carbocycles. The van der Waals surface area contributed by atoms with E-state index in [9.17, 15) is 18.5 Å². The van der Waals surface area contributed by atoms with Crippen molar-refractivity contribution in [2.75, 3.05) is 0 Å². The first-order valence-corrected chi connectivity index (χ1v) is 9.02. The van der Waals surface area contributed by atoms with Crippen LogP contribution in [0, 0.1) is 17.0 Å². The zero-order chi connectivity index (χ0) is 17.2. The maximum atomic E-state index is 12.5. The summed E-state index contributed by atoms with van der Waals surface area (Å²) in [6.07, 6.45) is 0. The van der Waals surface area contributed by atoms with Crippen LogP contribution >= 0.6 is 15.9 Å². The molecule has 1 atom stereocenters. The minimum Gasteiger partial charge on any atom is -0.258 e. The third kappa shape index (κ3) is 3.95. The second-order valence-electron chi connectivity index (χ2n) is 5.07. The van der Waals surface area contributed by atoms with Gasteiger partial charge in [-0.15, -0.1) is 0 Å². The second kappa shape index (κ2) is 6.77. The monoisotopic (exact) mass is 398 g/mol. The zero-order valence-corrected chi connectivity index (χ0v) is 14.9. The molecule has 0 saturated carbocycles. The normalized spacial score (nSPS) is 12.8. The average molecular weight is 399 g/mol. The molecule has 2 aromatic rings. The predicted molar refractivity (Wildman–Crippen MR) is 90.7 cm³/mol. The summed E-state index contributed by atoms with van der Waals surface area (Å²) in [5, 5.41) is 11.0. The molecule has 2 rings (SSSR count). The average Bonchev–Trinajstić information content (AvgIpc) is 2.47. The van der Waals surface area contributed by atoms with Crippen molar-refractivity contribution in [2.45, 2.75) is 24.8 Å². The number of benzene rings is 2. The highest BCUT2D eigenvalue weighted by molar-refractivity contribution is 9.10. The Kier molecular flexibility index (Phi) is 5.18. The SMILES string of the molecule is Cc1ccc(S(=O)(=O)N[C@H](C)c2ccccc2Br)cc1[N+](=O)[O-]. The van der Waals surface area contributed by atoms with Gasteiger partial charge >= 0.3 is 0 Å². The van der Waals surface area contributed by atoms with E-state index in [1.807, 2.05) is 18.2 Å². The van der Waals surface area contributed by atoms with E-state index in [0.29, 0.717) is 5.56 Å². The Balaban J connectivity index is 2.34. The summed E-state index contributed by atoms with van der Waals surface area (Å²) in [6, 6.07) is 10.6.